The average molecular weight is 329 g/mol. The normalized spacial score (nSPS) is 11.7. The van der Waals surface area contributed by atoms with E-state index in [1.165, 1.54) is 0 Å². The molecule has 118 valence electrons. The molecule has 0 spiro atoms. The van der Waals surface area contributed by atoms with Gasteiger partial charge in [0, 0.05) is 16.6 Å². The Bertz CT molecular complexity index is 851. The zero-order valence-corrected chi connectivity index (χ0v) is 13.6. The molecule has 0 saturated heterocycles. The first kappa shape index (κ1) is 15.4. The van der Waals surface area contributed by atoms with Gasteiger partial charge in [-0.1, -0.05) is 17.7 Å². The summed E-state index contributed by atoms with van der Waals surface area (Å²) in [5, 5.41) is 11.5. The van der Waals surface area contributed by atoms with Crippen molar-refractivity contribution in [1.29, 1.82) is 0 Å². The summed E-state index contributed by atoms with van der Waals surface area (Å²) >= 11 is 5.96. The van der Waals surface area contributed by atoms with Crippen molar-refractivity contribution < 1.29 is 9.84 Å². The minimum atomic E-state index is 0.0748. The van der Waals surface area contributed by atoms with E-state index in [-0.39, 0.29) is 12.0 Å². The molecule has 0 amide bonds. The molecule has 3 rings (SSSR count). The number of nitrogens with one attached hydrogen (secondary N) is 1. The summed E-state index contributed by atoms with van der Waals surface area (Å²) in [6.45, 7) is 3.97. The number of benzene rings is 2. The fraction of sp³-hybridized carbons (Fsp3) is 0.167. The highest BCUT2D eigenvalue weighted by Crippen LogP contribution is 2.28. The van der Waals surface area contributed by atoms with Gasteiger partial charge in [0.1, 0.15) is 5.75 Å². The van der Waals surface area contributed by atoms with Crippen LogP contribution in [0.15, 0.2) is 47.5 Å². The van der Waals surface area contributed by atoms with Crippen LogP contribution in [0.4, 0.5) is 5.69 Å². The van der Waals surface area contributed by atoms with Gasteiger partial charge >= 0.3 is 0 Å². The minimum Gasteiger partial charge on any atom is -0.494 e. The van der Waals surface area contributed by atoms with Crippen molar-refractivity contribution in [3.05, 3.63) is 53.1 Å². The Labute approximate surface area is 139 Å². The van der Waals surface area contributed by atoms with Gasteiger partial charge in [-0.05, 0) is 50.2 Å². The van der Waals surface area contributed by atoms with E-state index in [2.05, 4.69) is 9.98 Å². The SMILES string of the molecule is CC(C)Oc1ccc(N=Cc2c(O)[nH]c3cc(Cl)ccc23)cc1. The van der Waals surface area contributed by atoms with Gasteiger partial charge in [-0.25, -0.2) is 0 Å². The Morgan fingerprint density at radius 1 is 1.17 bits per heavy atom. The van der Waals surface area contributed by atoms with Crippen molar-refractivity contribution >= 4 is 34.4 Å². The largest absolute Gasteiger partial charge is 0.494 e. The molecule has 0 bridgehead atoms. The zero-order chi connectivity index (χ0) is 16.4. The molecule has 0 aliphatic heterocycles. The molecule has 2 aromatic carbocycles. The van der Waals surface area contributed by atoms with Crippen molar-refractivity contribution in [2.75, 3.05) is 0 Å². The predicted molar refractivity (Wildman–Crippen MR) is 94.4 cm³/mol. The predicted octanol–water partition coefficient (Wildman–Crippen LogP) is 5.06. The highest BCUT2D eigenvalue weighted by atomic mass is 35.5. The van der Waals surface area contributed by atoms with Crippen molar-refractivity contribution in [3.8, 4) is 11.6 Å². The Kier molecular flexibility index (Phi) is 4.26. The number of aromatic hydroxyl groups is 1. The van der Waals surface area contributed by atoms with Crippen LogP contribution < -0.4 is 4.74 Å². The van der Waals surface area contributed by atoms with Crippen molar-refractivity contribution in [1.82, 2.24) is 4.98 Å². The van der Waals surface area contributed by atoms with E-state index in [0.29, 0.717) is 10.6 Å². The average Bonchev–Trinajstić information content (AvgIpc) is 2.80. The lowest BCUT2D eigenvalue weighted by Crippen LogP contribution is -2.04. The van der Waals surface area contributed by atoms with Gasteiger partial charge in [-0.15, -0.1) is 0 Å². The van der Waals surface area contributed by atoms with E-state index in [4.69, 9.17) is 16.3 Å². The van der Waals surface area contributed by atoms with Gasteiger partial charge in [0.25, 0.3) is 0 Å². The van der Waals surface area contributed by atoms with Crippen LogP contribution >= 0.6 is 11.6 Å². The Balaban J connectivity index is 1.86. The fourth-order valence-corrected chi connectivity index (χ4v) is 2.50. The van der Waals surface area contributed by atoms with Gasteiger partial charge in [0.15, 0.2) is 5.88 Å². The van der Waals surface area contributed by atoms with Gasteiger partial charge in [0.05, 0.1) is 22.9 Å². The number of aromatic nitrogens is 1. The van der Waals surface area contributed by atoms with Gasteiger partial charge < -0.3 is 14.8 Å². The molecule has 0 fully saturated rings. The molecule has 0 radical (unpaired) electrons. The summed E-state index contributed by atoms with van der Waals surface area (Å²) in [5.41, 5.74) is 2.19. The van der Waals surface area contributed by atoms with Crippen LogP contribution in [-0.4, -0.2) is 22.4 Å². The Morgan fingerprint density at radius 2 is 1.91 bits per heavy atom. The summed E-state index contributed by atoms with van der Waals surface area (Å²) in [7, 11) is 0. The van der Waals surface area contributed by atoms with Crippen molar-refractivity contribution in [3.63, 3.8) is 0 Å². The van der Waals surface area contributed by atoms with E-state index in [0.717, 1.165) is 22.3 Å². The number of hydrogen-bond donors (Lipinski definition) is 2. The van der Waals surface area contributed by atoms with Crippen LogP contribution in [0.2, 0.25) is 5.02 Å². The van der Waals surface area contributed by atoms with Crippen LogP contribution in [0.25, 0.3) is 10.9 Å². The second kappa shape index (κ2) is 6.34. The smallest absolute Gasteiger partial charge is 0.198 e. The maximum atomic E-state index is 10.0. The lowest BCUT2D eigenvalue weighted by Gasteiger charge is -2.08. The maximum absolute atomic E-state index is 10.0. The van der Waals surface area contributed by atoms with Crippen LogP contribution in [0, 0.1) is 0 Å². The first-order valence-electron chi connectivity index (χ1n) is 7.34. The highest BCUT2D eigenvalue weighted by Gasteiger charge is 2.09. The van der Waals surface area contributed by atoms with E-state index in [9.17, 15) is 5.11 Å². The molecular weight excluding hydrogens is 312 g/mol. The zero-order valence-electron chi connectivity index (χ0n) is 12.9. The van der Waals surface area contributed by atoms with Gasteiger partial charge in [-0.3, -0.25) is 4.99 Å². The number of nitrogens with zero attached hydrogens (tertiary/aromatic N) is 1. The van der Waals surface area contributed by atoms with E-state index in [1.807, 2.05) is 44.2 Å². The number of aliphatic imine (C=N–C) groups is 1. The van der Waals surface area contributed by atoms with Gasteiger partial charge in [0.2, 0.25) is 0 Å². The summed E-state index contributed by atoms with van der Waals surface area (Å²) in [4.78, 5) is 7.30. The molecule has 0 saturated carbocycles. The second-order valence-electron chi connectivity index (χ2n) is 5.50. The monoisotopic (exact) mass is 328 g/mol. The standard InChI is InChI=1S/C18H17ClN2O2/c1-11(2)23-14-6-4-13(5-7-14)20-10-16-15-8-3-12(19)9-17(15)21-18(16)22/h3-11,21-22H,1-2H3. The number of aromatic amines is 1. The molecule has 0 unspecified atom stereocenters. The van der Waals surface area contributed by atoms with Gasteiger partial charge in [-0.2, -0.15) is 0 Å². The van der Waals surface area contributed by atoms with Crippen molar-refractivity contribution in [2.45, 2.75) is 20.0 Å². The molecule has 23 heavy (non-hydrogen) atoms. The third kappa shape index (κ3) is 3.48. The lowest BCUT2D eigenvalue weighted by atomic mass is 10.2. The number of H-pyrrole nitrogens is 1. The van der Waals surface area contributed by atoms with E-state index >= 15 is 0 Å². The molecule has 1 heterocycles. The van der Waals surface area contributed by atoms with Crippen LogP contribution in [0.1, 0.15) is 19.4 Å². The molecule has 1 aromatic heterocycles. The summed E-state index contributed by atoms with van der Waals surface area (Å²) in [5.74, 6) is 0.884. The second-order valence-corrected chi connectivity index (χ2v) is 5.93. The third-order valence-electron chi connectivity index (χ3n) is 3.33. The first-order chi connectivity index (χ1) is 11.0. The maximum Gasteiger partial charge on any atom is 0.198 e. The van der Waals surface area contributed by atoms with Crippen molar-refractivity contribution in [2.24, 2.45) is 4.99 Å². The molecule has 0 aliphatic carbocycles. The first-order valence-corrected chi connectivity index (χ1v) is 7.71. The molecule has 3 aromatic rings. The Morgan fingerprint density at radius 3 is 2.61 bits per heavy atom. The van der Waals surface area contributed by atoms with Crippen LogP contribution in [0.5, 0.6) is 11.6 Å². The quantitative estimate of drug-likeness (QED) is 0.657. The molecule has 0 atom stereocenters. The van der Waals surface area contributed by atoms with Crippen LogP contribution in [-0.2, 0) is 0 Å². The number of ether oxygens (including phenoxy) is 1. The molecule has 4 nitrogen and oxygen atoms in total. The molecule has 2 N–H and O–H groups in total. The summed E-state index contributed by atoms with van der Waals surface area (Å²) in [6.07, 6.45) is 1.78. The van der Waals surface area contributed by atoms with Crippen LogP contribution in [0.3, 0.4) is 0 Å². The number of rotatable bonds is 4. The fourth-order valence-electron chi connectivity index (χ4n) is 2.33. The minimum absolute atomic E-state index is 0.0748. The number of halogens is 1. The lowest BCUT2D eigenvalue weighted by molar-refractivity contribution is 0.242. The number of fused-ring (bicyclic) bond motifs is 1. The molecule has 5 heteroatoms. The number of hydrogen-bond acceptors (Lipinski definition) is 3. The van der Waals surface area contributed by atoms with E-state index < -0.39 is 0 Å². The highest BCUT2D eigenvalue weighted by molar-refractivity contribution is 6.31. The molecular formula is C18H17ClN2O2. The van der Waals surface area contributed by atoms with E-state index in [1.54, 1.807) is 18.3 Å². The summed E-state index contributed by atoms with van der Waals surface area (Å²) < 4.78 is 5.60. The molecule has 0 aliphatic rings. The third-order valence-corrected chi connectivity index (χ3v) is 3.57. The summed E-state index contributed by atoms with van der Waals surface area (Å²) in [6, 6.07) is 12.9. The topological polar surface area (TPSA) is 57.6 Å². The Hall–Kier alpha value is -2.46.